The molecular formula is C16H23N3. The summed E-state index contributed by atoms with van der Waals surface area (Å²) in [5.74, 6) is 1.07. The molecule has 3 heteroatoms. The summed E-state index contributed by atoms with van der Waals surface area (Å²) in [5, 5.41) is 3.51. The number of rotatable bonds is 6. The minimum atomic E-state index is 0.950. The van der Waals surface area contributed by atoms with Gasteiger partial charge in [0.15, 0.2) is 0 Å². The van der Waals surface area contributed by atoms with Crippen LogP contribution < -0.4 is 5.32 Å². The van der Waals surface area contributed by atoms with Crippen LogP contribution in [0.2, 0.25) is 0 Å². The van der Waals surface area contributed by atoms with Crippen LogP contribution in [0.5, 0.6) is 0 Å². The van der Waals surface area contributed by atoms with Crippen molar-refractivity contribution in [3.63, 3.8) is 0 Å². The lowest BCUT2D eigenvalue weighted by atomic mass is 10.0. The van der Waals surface area contributed by atoms with Crippen LogP contribution in [0, 0.1) is 20.8 Å². The smallest absolute Gasteiger partial charge is 0.106 e. The molecule has 102 valence electrons. The first-order valence-corrected chi connectivity index (χ1v) is 6.92. The molecule has 1 aromatic carbocycles. The van der Waals surface area contributed by atoms with Gasteiger partial charge in [0.05, 0.1) is 0 Å². The predicted octanol–water partition coefficient (Wildman–Crippen LogP) is 3.06. The second-order valence-corrected chi connectivity index (χ2v) is 5.18. The second kappa shape index (κ2) is 6.53. The van der Waals surface area contributed by atoms with Gasteiger partial charge in [-0.1, -0.05) is 12.1 Å². The maximum atomic E-state index is 4.22. The lowest BCUT2D eigenvalue weighted by Crippen LogP contribution is -2.16. The van der Waals surface area contributed by atoms with E-state index < -0.39 is 0 Å². The van der Waals surface area contributed by atoms with Crippen LogP contribution in [-0.2, 0) is 13.0 Å². The Morgan fingerprint density at radius 3 is 2.63 bits per heavy atom. The van der Waals surface area contributed by atoms with Crippen LogP contribution in [0.1, 0.15) is 34.5 Å². The van der Waals surface area contributed by atoms with E-state index in [9.17, 15) is 0 Å². The molecule has 0 aliphatic rings. The van der Waals surface area contributed by atoms with E-state index in [1.54, 1.807) is 6.20 Å². The third-order valence-corrected chi connectivity index (χ3v) is 3.59. The fraction of sp³-hybridized carbons (Fsp3) is 0.438. The van der Waals surface area contributed by atoms with Crippen molar-refractivity contribution in [2.75, 3.05) is 6.54 Å². The molecule has 19 heavy (non-hydrogen) atoms. The fourth-order valence-electron chi connectivity index (χ4n) is 2.25. The highest BCUT2D eigenvalue weighted by Crippen LogP contribution is 2.15. The van der Waals surface area contributed by atoms with Crippen molar-refractivity contribution in [2.24, 2.45) is 0 Å². The van der Waals surface area contributed by atoms with E-state index in [1.807, 2.05) is 6.20 Å². The Morgan fingerprint density at radius 1 is 1.11 bits per heavy atom. The number of aromatic amines is 1. The van der Waals surface area contributed by atoms with Crippen LogP contribution in [0.25, 0.3) is 0 Å². The molecule has 2 rings (SSSR count). The highest BCUT2D eigenvalue weighted by atomic mass is 14.9. The monoisotopic (exact) mass is 257 g/mol. The van der Waals surface area contributed by atoms with Crippen molar-refractivity contribution in [2.45, 2.75) is 40.2 Å². The molecule has 0 aliphatic heterocycles. The summed E-state index contributed by atoms with van der Waals surface area (Å²) < 4.78 is 0. The fourth-order valence-corrected chi connectivity index (χ4v) is 2.25. The Balaban J connectivity index is 1.75. The Kier molecular flexibility index (Phi) is 4.74. The summed E-state index contributed by atoms with van der Waals surface area (Å²) in [4.78, 5) is 7.35. The van der Waals surface area contributed by atoms with Crippen molar-refractivity contribution in [3.8, 4) is 0 Å². The average molecular weight is 257 g/mol. The molecule has 1 aromatic heterocycles. The standard InChI is InChI=1S/C16H23N3/c1-12-9-14(3)15(10-13(12)2)11-17-6-4-5-16-18-7-8-19-16/h7-10,17H,4-6,11H2,1-3H3,(H,18,19). The van der Waals surface area contributed by atoms with Gasteiger partial charge in [-0.05, 0) is 56.0 Å². The van der Waals surface area contributed by atoms with E-state index in [-0.39, 0.29) is 0 Å². The molecule has 3 nitrogen and oxygen atoms in total. The second-order valence-electron chi connectivity index (χ2n) is 5.18. The number of nitrogens with zero attached hydrogens (tertiary/aromatic N) is 1. The molecule has 0 saturated heterocycles. The van der Waals surface area contributed by atoms with Crippen molar-refractivity contribution in [1.82, 2.24) is 15.3 Å². The number of imidazole rings is 1. The summed E-state index contributed by atoms with van der Waals surface area (Å²) in [7, 11) is 0. The van der Waals surface area contributed by atoms with Gasteiger partial charge in [-0.15, -0.1) is 0 Å². The summed E-state index contributed by atoms with van der Waals surface area (Å²) in [6.07, 6.45) is 5.80. The van der Waals surface area contributed by atoms with Crippen molar-refractivity contribution < 1.29 is 0 Å². The minimum absolute atomic E-state index is 0.950. The molecule has 0 amide bonds. The number of aromatic nitrogens is 2. The highest BCUT2D eigenvalue weighted by molar-refractivity contribution is 5.36. The third kappa shape index (κ3) is 3.93. The first-order valence-electron chi connectivity index (χ1n) is 6.92. The number of nitrogens with one attached hydrogen (secondary N) is 2. The zero-order valence-corrected chi connectivity index (χ0v) is 12.1. The summed E-state index contributed by atoms with van der Waals surface area (Å²) in [6, 6.07) is 4.57. The lowest BCUT2D eigenvalue weighted by molar-refractivity contribution is 0.639. The number of benzene rings is 1. The topological polar surface area (TPSA) is 40.7 Å². The third-order valence-electron chi connectivity index (χ3n) is 3.59. The summed E-state index contributed by atoms with van der Waals surface area (Å²) >= 11 is 0. The molecular weight excluding hydrogens is 234 g/mol. The zero-order chi connectivity index (χ0) is 13.7. The normalized spacial score (nSPS) is 10.9. The van der Waals surface area contributed by atoms with Gasteiger partial charge in [0.2, 0.25) is 0 Å². The Labute approximate surface area is 115 Å². The first kappa shape index (κ1) is 13.8. The number of H-pyrrole nitrogens is 1. The van der Waals surface area contributed by atoms with Gasteiger partial charge in [0.25, 0.3) is 0 Å². The van der Waals surface area contributed by atoms with Crippen LogP contribution in [0.15, 0.2) is 24.5 Å². The van der Waals surface area contributed by atoms with Crippen LogP contribution in [-0.4, -0.2) is 16.5 Å². The van der Waals surface area contributed by atoms with E-state index in [0.29, 0.717) is 0 Å². The molecule has 0 saturated carbocycles. The average Bonchev–Trinajstić information content (AvgIpc) is 2.88. The molecule has 0 fully saturated rings. The quantitative estimate of drug-likeness (QED) is 0.781. The van der Waals surface area contributed by atoms with E-state index in [1.165, 1.54) is 22.3 Å². The van der Waals surface area contributed by atoms with Gasteiger partial charge >= 0.3 is 0 Å². The molecule has 0 unspecified atom stereocenters. The Hall–Kier alpha value is -1.61. The Bertz CT molecular complexity index is 515. The van der Waals surface area contributed by atoms with E-state index in [0.717, 1.165) is 31.8 Å². The minimum Gasteiger partial charge on any atom is -0.349 e. The maximum Gasteiger partial charge on any atom is 0.106 e. The first-order chi connectivity index (χ1) is 9.16. The maximum absolute atomic E-state index is 4.22. The van der Waals surface area contributed by atoms with Crippen molar-refractivity contribution >= 4 is 0 Å². The van der Waals surface area contributed by atoms with E-state index >= 15 is 0 Å². The van der Waals surface area contributed by atoms with E-state index in [2.05, 4.69) is 48.2 Å². The van der Waals surface area contributed by atoms with Gasteiger partial charge < -0.3 is 10.3 Å². The van der Waals surface area contributed by atoms with Gasteiger partial charge in [-0.3, -0.25) is 0 Å². The predicted molar refractivity (Wildman–Crippen MR) is 79.3 cm³/mol. The molecule has 0 atom stereocenters. The van der Waals surface area contributed by atoms with Crippen molar-refractivity contribution in [3.05, 3.63) is 52.6 Å². The van der Waals surface area contributed by atoms with Gasteiger partial charge in [-0.25, -0.2) is 4.98 Å². The molecule has 1 heterocycles. The van der Waals surface area contributed by atoms with Gasteiger partial charge in [0.1, 0.15) is 5.82 Å². The van der Waals surface area contributed by atoms with Crippen LogP contribution in [0.4, 0.5) is 0 Å². The van der Waals surface area contributed by atoms with Gasteiger partial charge in [-0.2, -0.15) is 0 Å². The SMILES string of the molecule is Cc1cc(C)c(CNCCCc2ncc[nH]2)cc1C. The molecule has 0 aliphatic carbocycles. The summed E-state index contributed by atoms with van der Waals surface area (Å²) in [5.41, 5.74) is 5.53. The molecule has 0 radical (unpaired) electrons. The zero-order valence-electron chi connectivity index (χ0n) is 12.1. The molecule has 0 spiro atoms. The van der Waals surface area contributed by atoms with Crippen molar-refractivity contribution in [1.29, 1.82) is 0 Å². The lowest BCUT2D eigenvalue weighted by Gasteiger charge is -2.10. The largest absolute Gasteiger partial charge is 0.349 e. The van der Waals surface area contributed by atoms with E-state index in [4.69, 9.17) is 0 Å². The number of aryl methyl sites for hydroxylation is 4. The molecule has 0 bridgehead atoms. The summed E-state index contributed by atoms with van der Waals surface area (Å²) in [6.45, 7) is 8.50. The van der Waals surface area contributed by atoms with Crippen LogP contribution in [0.3, 0.4) is 0 Å². The molecule has 2 aromatic rings. The van der Waals surface area contributed by atoms with Crippen LogP contribution >= 0.6 is 0 Å². The highest BCUT2D eigenvalue weighted by Gasteiger charge is 2.01. The molecule has 2 N–H and O–H groups in total. The number of hydrogen-bond acceptors (Lipinski definition) is 2. The Morgan fingerprint density at radius 2 is 1.89 bits per heavy atom. The number of hydrogen-bond donors (Lipinski definition) is 2. The van der Waals surface area contributed by atoms with Gasteiger partial charge in [0, 0.05) is 25.4 Å².